The highest BCUT2D eigenvalue weighted by Crippen LogP contribution is 2.47. The lowest BCUT2D eigenvalue weighted by atomic mass is 9.80. The first-order chi connectivity index (χ1) is 28.8. The Hall–Kier alpha value is -6.48. The maximum Gasteiger partial charge on any atom is 0.0540 e. The quantitative estimate of drug-likeness (QED) is 0.156. The molecule has 0 atom stereocenters. The van der Waals surface area contributed by atoms with Gasteiger partial charge in [0.1, 0.15) is 0 Å². The van der Waals surface area contributed by atoms with Gasteiger partial charge in [-0.3, -0.25) is 0 Å². The van der Waals surface area contributed by atoms with E-state index in [4.69, 9.17) is 0 Å². The lowest BCUT2D eigenvalue weighted by molar-refractivity contribution is 0.445. The summed E-state index contributed by atoms with van der Waals surface area (Å²) < 4.78 is 2.66. The second kappa shape index (κ2) is 14.8. The third-order valence-electron chi connectivity index (χ3n) is 12.5. The summed E-state index contributed by atoms with van der Waals surface area (Å²) in [5, 5.41) is 7.91. The molecule has 11 rings (SSSR count). The molecule has 0 N–H and O–H groups in total. The molecule has 0 spiro atoms. The molecule has 9 aromatic carbocycles. The van der Waals surface area contributed by atoms with Gasteiger partial charge in [0.2, 0.25) is 0 Å². The maximum absolute atomic E-state index is 2.46. The molecule has 1 saturated carbocycles. The Kier molecular flexibility index (Phi) is 8.86. The van der Waals surface area contributed by atoms with Crippen LogP contribution in [0.4, 0.5) is 17.1 Å². The smallest absolute Gasteiger partial charge is 0.0540 e. The third-order valence-corrected chi connectivity index (χ3v) is 13.6. The molecule has 58 heavy (non-hydrogen) atoms. The van der Waals surface area contributed by atoms with Gasteiger partial charge in [-0.2, -0.15) is 0 Å². The summed E-state index contributed by atoms with van der Waals surface area (Å²) in [5.74, 6) is 0.599. The largest absolute Gasteiger partial charge is 0.310 e. The number of hydrogen-bond acceptors (Lipinski definition) is 2. The van der Waals surface area contributed by atoms with E-state index >= 15 is 0 Å². The molecule has 0 aliphatic heterocycles. The van der Waals surface area contributed by atoms with E-state index in [0.29, 0.717) is 5.92 Å². The van der Waals surface area contributed by atoms with Gasteiger partial charge in [0.25, 0.3) is 0 Å². The number of hydrogen-bond donors (Lipinski definition) is 0. The standard InChI is InChI=1S/C56H43NS/c1-2-14-40(15-3-1)47-21-10-17-42-18-11-23-50(55(42)47)49-19-6-8-24-52(49)57(45-33-29-39(30-34-45)44-28-27-38-13-4-5-16-43(38)37-44)46-35-31-41(32-36-46)48-22-12-26-54-56(48)51-20-7-9-25-53(51)58-54/h4-13,16-37,40H,1-3,14-15H2. The van der Waals surface area contributed by atoms with Gasteiger partial charge in [-0.1, -0.05) is 165 Å². The summed E-state index contributed by atoms with van der Waals surface area (Å²) >= 11 is 1.87. The van der Waals surface area contributed by atoms with Crippen molar-refractivity contribution in [3.05, 3.63) is 200 Å². The lowest BCUT2D eigenvalue weighted by Crippen LogP contribution is -2.11. The van der Waals surface area contributed by atoms with Crippen LogP contribution in [0.5, 0.6) is 0 Å². The van der Waals surface area contributed by atoms with E-state index in [1.54, 1.807) is 0 Å². The zero-order chi connectivity index (χ0) is 38.4. The molecule has 1 fully saturated rings. The van der Waals surface area contributed by atoms with Gasteiger partial charge in [0, 0.05) is 37.1 Å². The molecular formula is C56H43NS. The van der Waals surface area contributed by atoms with Crippen molar-refractivity contribution < 1.29 is 0 Å². The topological polar surface area (TPSA) is 3.24 Å². The van der Waals surface area contributed by atoms with Crippen molar-refractivity contribution in [2.24, 2.45) is 0 Å². The minimum absolute atomic E-state index is 0.599. The Bertz CT molecular complexity index is 3090. The van der Waals surface area contributed by atoms with Gasteiger partial charge in [-0.15, -0.1) is 11.3 Å². The fraction of sp³-hybridized carbons (Fsp3) is 0.107. The van der Waals surface area contributed by atoms with E-state index in [-0.39, 0.29) is 0 Å². The van der Waals surface area contributed by atoms with E-state index in [1.165, 1.54) is 118 Å². The summed E-state index contributed by atoms with van der Waals surface area (Å²) in [6.07, 6.45) is 6.52. The molecule has 1 nitrogen and oxygen atoms in total. The van der Waals surface area contributed by atoms with Crippen LogP contribution in [0.2, 0.25) is 0 Å². The van der Waals surface area contributed by atoms with Gasteiger partial charge in [0.15, 0.2) is 0 Å². The van der Waals surface area contributed by atoms with E-state index in [2.05, 4.69) is 199 Å². The third kappa shape index (κ3) is 6.16. The van der Waals surface area contributed by atoms with Crippen molar-refractivity contribution in [1.29, 1.82) is 0 Å². The second-order valence-corrected chi connectivity index (χ2v) is 17.0. The summed E-state index contributed by atoms with van der Waals surface area (Å²) in [6, 6.07) is 72.2. The molecular weight excluding hydrogens is 719 g/mol. The van der Waals surface area contributed by atoms with Crippen LogP contribution in [0.15, 0.2) is 194 Å². The van der Waals surface area contributed by atoms with Crippen LogP contribution in [-0.4, -0.2) is 0 Å². The first kappa shape index (κ1) is 34.7. The number of rotatable bonds is 7. The number of para-hydroxylation sites is 1. The highest BCUT2D eigenvalue weighted by molar-refractivity contribution is 7.25. The fourth-order valence-electron chi connectivity index (χ4n) is 9.65. The zero-order valence-electron chi connectivity index (χ0n) is 32.4. The monoisotopic (exact) mass is 761 g/mol. The first-order valence-electron chi connectivity index (χ1n) is 20.8. The Morgan fingerprint density at radius 1 is 0.397 bits per heavy atom. The summed E-state index contributed by atoms with van der Waals surface area (Å²) in [5.41, 5.74) is 12.4. The summed E-state index contributed by atoms with van der Waals surface area (Å²) in [6.45, 7) is 0. The molecule has 1 heterocycles. The van der Waals surface area contributed by atoms with E-state index in [9.17, 15) is 0 Å². The number of benzene rings is 9. The number of fused-ring (bicyclic) bond motifs is 5. The molecule has 0 saturated heterocycles. The molecule has 278 valence electrons. The van der Waals surface area contributed by atoms with Crippen LogP contribution >= 0.6 is 11.3 Å². The van der Waals surface area contributed by atoms with Crippen molar-refractivity contribution in [1.82, 2.24) is 0 Å². The first-order valence-corrected chi connectivity index (χ1v) is 21.6. The van der Waals surface area contributed by atoms with E-state index in [1.807, 2.05) is 11.3 Å². The van der Waals surface area contributed by atoms with Crippen molar-refractivity contribution >= 4 is 70.1 Å². The van der Waals surface area contributed by atoms with Crippen LogP contribution in [0.25, 0.3) is 75.1 Å². The lowest BCUT2D eigenvalue weighted by Gasteiger charge is -2.29. The van der Waals surface area contributed by atoms with Crippen LogP contribution in [-0.2, 0) is 0 Å². The average Bonchev–Trinajstić information content (AvgIpc) is 3.69. The number of thiophene rings is 1. The Morgan fingerprint density at radius 2 is 1.00 bits per heavy atom. The van der Waals surface area contributed by atoms with Crippen molar-refractivity contribution in [2.45, 2.75) is 38.0 Å². The van der Waals surface area contributed by atoms with Crippen molar-refractivity contribution in [2.75, 3.05) is 4.90 Å². The van der Waals surface area contributed by atoms with Crippen molar-refractivity contribution in [3.63, 3.8) is 0 Å². The van der Waals surface area contributed by atoms with E-state index < -0.39 is 0 Å². The van der Waals surface area contributed by atoms with E-state index in [0.717, 1.165) is 11.4 Å². The Morgan fingerprint density at radius 3 is 1.83 bits per heavy atom. The molecule has 0 radical (unpaired) electrons. The van der Waals surface area contributed by atoms with Crippen molar-refractivity contribution in [3.8, 4) is 33.4 Å². The molecule has 10 aromatic rings. The molecule has 0 amide bonds. The minimum Gasteiger partial charge on any atom is -0.310 e. The highest BCUT2D eigenvalue weighted by Gasteiger charge is 2.23. The SMILES string of the molecule is c1ccc(N(c2ccc(-c3ccc4ccccc4c3)cc2)c2ccc(-c3cccc4sc5ccccc5c34)cc2)c(-c2cccc3cccc(C4CCCCC4)c23)c1. The van der Waals surface area contributed by atoms with Crippen LogP contribution in [0.3, 0.4) is 0 Å². The van der Waals surface area contributed by atoms with Gasteiger partial charge in [-0.25, -0.2) is 0 Å². The van der Waals surface area contributed by atoms with Gasteiger partial charge >= 0.3 is 0 Å². The number of nitrogens with zero attached hydrogens (tertiary/aromatic N) is 1. The predicted molar refractivity (Wildman–Crippen MR) is 251 cm³/mol. The highest BCUT2D eigenvalue weighted by atomic mass is 32.1. The average molecular weight is 762 g/mol. The molecule has 0 bridgehead atoms. The fourth-order valence-corrected chi connectivity index (χ4v) is 10.8. The van der Waals surface area contributed by atoms with Gasteiger partial charge in [0.05, 0.1) is 5.69 Å². The molecule has 1 aliphatic rings. The number of anilines is 3. The molecule has 1 aromatic heterocycles. The molecule has 1 aliphatic carbocycles. The van der Waals surface area contributed by atoms with Crippen LogP contribution < -0.4 is 4.90 Å². The van der Waals surface area contributed by atoms with Gasteiger partial charge < -0.3 is 4.90 Å². The zero-order valence-corrected chi connectivity index (χ0v) is 33.3. The molecule has 2 heteroatoms. The normalized spacial score (nSPS) is 13.4. The maximum atomic E-state index is 2.46. The van der Waals surface area contributed by atoms with Crippen LogP contribution in [0.1, 0.15) is 43.6 Å². The summed E-state index contributed by atoms with van der Waals surface area (Å²) in [7, 11) is 0. The van der Waals surface area contributed by atoms with Gasteiger partial charge in [-0.05, 0) is 122 Å². The Labute approximate surface area is 344 Å². The predicted octanol–water partition coefficient (Wildman–Crippen LogP) is 16.9. The minimum atomic E-state index is 0.599. The Balaban J connectivity index is 1.07. The van der Waals surface area contributed by atoms with Crippen LogP contribution in [0, 0.1) is 0 Å². The molecule has 0 unspecified atom stereocenters. The summed E-state index contributed by atoms with van der Waals surface area (Å²) in [4.78, 5) is 2.46. The second-order valence-electron chi connectivity index (χ2n) is 15.9.